The van der Waals surface area contributed by atoms with Gasteiger partial charge in [0.15, 0.2) is 0 Å². The van der Waals surface area contributed by atoms with Crippen LogP contribution < -0.4 is 5.32 Å². The molecule has 4 saturated carbocycles. The fraction of sp³-hybridized carbons (Fsp3) is 0.814. The van der Waals surface area contributed by atoms with E-state index in [0.717, 1.165) is 44.8 Å². The van der Waals surface area contributed by atoms with Gasteiger partial charge in [-0.1, -0.05) is 58.9 Å². The molecule has 1 amide bonds. The minimum absolute atomic E-state index is 0.00356. The Morgan fingerprint density at radius 2 is 1.76 bits per heavy atom. The van der Waals surface area contributed by atoms with Crippen molar-refractivity contribution in [1.29, 1.82) is 0 Å². The summed E-state index contributed by atoms with van der Waals surface area (Å²) in [6.07, 6.45) is 17.8. The van der Waals surface area contributed by atoms with Crippen LogP contribution in [0.25, 0.3) is 0 Å². The predicted octanol–water partition coefficient (Wildman–Crippen LogP) is 9.15. The van der Waals surface area contributed by atoms with Gasteiger partial charge < -0.3 is 15.3 Å². The number of carboxylic acids is 1. The van der Waals surface area contributed by atoms with E-state index >= 15 is 0 Å². The molecule has 1 saturated heterocycles. The van der Waals surface area contributed by atoms with Gasteiger partial charge in [-0.2, -0.15) is 0 Å². The van der Waals surface area contributed by atoms with Crippen LogP contribution in [-0.2, 0) is 9.59 Å². The molecule has 7 aliphatic rings. The van der Waals surface area contributed by atoms with Crippen LogP contribution in [-0.4, -0.2) is 54.2 Å². The molecule has 6 heteroatoms. The van der Waals surface area contributed by atoms with E-state index in [1.807, 2.05) is 0 Å². The van der Waals surface area contributed by atoms with Crippen molar-refractivity contribution >= 4 is 11.9 Å². The molecule has 6 aliphatic carbocycles. The maximum atomic E-state index is 13.9. The van der Waals surface area contributed by atoms with E-state index in [2.05, 4.69) is 70.5 Å². The number of fused-ring (bicyclic) bond motifs is 7. The molecule has 0 aromatic heterocycles. The zero-order chi connectivity index (χ0) is 35.1. The lowest BCUT2D eigenvalue weighted by molar-refractivity contribution is -0.217. The van der Waals surface area contributed by atoms with Gasteiger partial charge in [0.1, 0.15) is 6.67 Å². The zero-order valence-electron chi connectivity index (χ0n) is 31.5. The lowest BCUT2D eigenvalue weighted by Crippen LogP contribution is -2.64. The number of hydrogen-bond donors (Lipinski definition) is 2. The van der Waals surface area contributed by atoms with E-state index in [1.165, 1.54) is 61.7 Å². The standard InChI is InChI=1S/C43H65FN2O3/c1-27(2)30-25-33(45-22-24-46-23-8-9-36(46)47)29-14-18-41(6)32(37(29)30)10-11-35-40(5)17-15-31(39(3,4)34(40)16-19-42(35,41)7)28-12-20-43(26-44,21-13-28)38(48)49/h12,15,29-30,32-35,37,45H,1,8-11,13-14,16-26H2,2-7H3,(H,48,49)/t29?,30-,32+,33+,34?,35?,37?,40-,41+,42+,43-/m0/s1. The number of aliphatic carboxylic acids is 1. The van der Waals surface area contributed by atoms with Gasteiger partial charge in [-0.3, -0.25) is 9.59 Å². The summed E-state index contributed by atoms with van der Waals surface area (Å²) in [6, 6.07) is 0.523. The van der Waals surface area contributed by atoms with Crippen LogP contribution in [0.2, 0.25) is 0 Å². The molecule has 0 aromatic rings. The highest BCUT2D eigenvalue weighted by atomic mass is 19.1. The summed E-state index contributed by atoms with van der Waals surface area (Å²) in [7, 11) is 0. The minimum atomic E-state index is -1.25. The summed E-state index contributed by atoms with van der Waals surface area (Å²) in [4.78, 5) is 26.3. The zero-order valence-corrected chi connectivity index (χ0v) is 31.5. The number of hydrogen-bond acceptors (Lipinski definition) is 3. The highest BCUT2D eigenvalue weighted by molar-refractivity contribution is 5.78. The Bertz CT molecular complexity index is 1430. The summed E-state index contributed by atoms with van der Waals surface area (Å²) < 4.78 is 13.9. The molecule has 5 nitrogen and oxygen atoms in total. The topological polar surface area (TPSA) is 69.6 Å². The van der Waals surface area contributed by atoms with Crippen LogP contribution in [0.4, 0.5) is 4.39 Å². The van der Waals surface area contributed by atoms with Gasteiger partial charge in [-0.25, -0.2) is 4.39 Å². The highest BCUT2D eigenvalue weighted by Crippen LogP contribution is 2.76. The van der Waals surface area contributed by atoms with Crippen molar-refractivity contribution in [3.05, 3.63) is 35.5 Å². The normalized spacial score (nSPS) is 45.8. The number of likely N-dealkylation sites (tertiary alicyclic amines) is 1. The van der Waals surface area contributed by atoms with E-state index in [-0.39, 0.29) is 10.8 Å². The molecular formula is C43H65FN2O3. The van der Waals surface area contributed by atoms with Crippen LogP contribution in [0.1, 0.15) is 125 Å². The predicted molar refractivity (Wildman–Crippen MR) is 194 cm³/mol. The monoisotopic (exact) mass is 676 g/mol. The van der Waals surface area contributed by atoms with Crippen LogP contribution in [0.5, 0.6) is 0 Å². The number of carboxylic acid groups (broad SMARTS) is 1. The van der Waals surface area contributed by atoms with Gasteiger partial charge in [-0.05, 0) is 152 Å². The number of allylic oxidation sites excluding steroid dienone is 5. The first-order valence-electron chi connectivity index (χ1n) is 20.0. The molecule has 2 N–H and O–H groups in total. The average Bonchev–Trinajstić information content (AvgIpc) is 3.64. The van der Waals surface area contributed by atoms with Crippen LogP contribution in [0, 0.1) is 62.6 Å². The number of nitrogens with zero attached hydrogens (tertiary/aromatic N) is 1. The van der Waals surface area contributed by atoms with Crippen molar-refractivity contribution in [2.45, 2.75) is 131 Å². The number of alkyl halides is 1. The fourth-order valence-corrected chi connectivity index (χ4v) is 14.4. The maximum Gasteiger partial charge on any atom is 0.312 e. The third-order valence-corrected chi connectivity index (χ3v) is 17.2. The molecule has 49 heavy (non-hydrogen) atoms. The van der Waals surface area contributed by atoms with Gasteiger partial charge >= 0.3 is 5.97 Å². The SMILES string of the molecule is C=C(C)[C@@H]1C[C@@H](NCCN2CCCC2=O)C2CC[C@]3(C)[C@H](CCC4[C@@]5(C)CC=C(C6=CC[C@](CF)(C(=O)O)CC6)C(C)(C)C5CC[C@]43C)C21. The summed E-state index contributed by atoms with van der Waals surface area (Å²) in [5, 5.41) is 13.8. The Morgan fingerprint density at radius 1 is 1.00 bits per heavy atom. The number of rotatable bonds is 8. The van der Waals surface area contributed by atoms with Crippen LogP contribution in [0.3, 0.4) is 0 Å². The Hall–Kier alpha value is -1.95. The molecule has 4 unspecified atom stereocenters. The Morgan fingerprint density at radius 3 is 2.39 bits per heavy atom. The Labute approximate surface area is 296 Å². The summed E-state index contributed by atoms with van der Waals surface area (Å²) in [5.74, 6) is 3.28. The first-order chi connectivity index (χ1) is 23.1. The van der Waals surface area contributed by atoms with Crippen molar-refractivity contribution in [1.82, 2.24) is 10.2 Å². The van der Waals surface area contributed by atoms with E-state index in [9.17, 15) is 19.1 Å². The van der Waals surface area contributed by atoms with Crippen LogP contribution in [0.15, 0.2) is 35.5 Å². The third kappa shape index (κ3) is 5.20. The summed E-state index contributed by atoms with van der Waals surface area (Å²) in [5.41, 5.74) is 3.65. The number of carbonyl (C=O) groups excluding carboxylic acids is 1. The quantitative estimate of drug-likeness (QED) is 0.252. The second-order valence-electron chi connectivity index (χ2n) is 19.4. The first-order valence-corrected chi connectivity index (χ1v) is 20.0. The van der Waals surface area contributed by atoms with E-state index in [4.69, 9.17) is 0 Å². The average molecular weight is 677 g/mol. The molecule has 11 atom stereocenters. The van der Waals surface area contributed by atoms with Gasteiger partial charge in [0.2, 0.25) is 5.91 Å². The second kappa shape index (κ2) is 12.3. The van der Waals surface area contributed by atoms with Crippen molar-refractivity contribution in [2.75, 3.05) is 26.3 Å². The minimum Gasteiger partial charge on any atom is -0.481 e. The summed E-state index contributed by atoms with van der Waals surface area (Å²) >= 11 is 0. The van der Waals surface area contributed by atoms with Crippen LogP contribution >= 0.6 is 0 Å². The Kier molecular flexibility index (Phi) is 8.92. The molecule has 0 bridgehead atoms. The Balaban J connectivity index is 1.12. The fourth-order valence-electron chi connectivity index (χ4n) is 14.4. The lowest BCUT2D eigenvalue weighted by Gasteiger charge is -2.71. The number of amides is 1. The molecule has 1 heterocycles. The molecule has 5 fully saturated rings. The maximum absolute atomic E-state index is 13.9. The molecule has 0 radical (unpaired) electrons. The molecule has 0 aromatic carbocycles. The first kappa shape index (κ1) is 35.5. The van der Waals surface area contributed by atoms with E-state index in [0.29, 0.717) is 71.6 Å². The molecule has 7 rings (SSSR count). The van der Waals surface area contributed by atoms with Crippen molar-refractivity contribution in [2.24, 2.45) is 62.6 Å². The van der Waals surface area contributed by atoms with Crippen molar-refractivity contribution in [3.8, 4) is 0 Å². The number of halogens is 1. The van der Waals surface area contributed by atoms with Gasteiger partial charge in [0.05, 0.1) is 5.41 Å². The molecule has 272 valence electrons. The molecular weight excluding hydrogens is 611 g/mol. The van der Waals surface area contributed by atoms with Crippen molar-refractivity contribution in [3.63, 3.8) is 0 Å². The smallest absolute Gasteiger partial charge is 0.312 e. The van der Waals surface area contributed by atoms with Crippen molar-refractivity contribution < 1.29 is 19.1 Å². The molecule has 1 aliphatic heterocycles. The van der Waals surface area contributed by atoms with Gasteiger partial charge in [0.25, 0.3) is 0 Å². The van der Waals surface area contributed by atoms with E-state index in [1.54, 1.807) is 0 Å². The highest BCUT2D eigenvalue weighted by Gasteiger charge is 2.69. The third-order valence-electron chi connectivity index (χ3n) is 17.2. The number of carbonyl (C=O) groups is 2. The lowest BCUT2D eigenvalue weighted by atomic mass is 9.33. The number of nitrogens with one attached hydrogen (secondary N) is 1. The molecule has 0 spiro atoms. The van der Waals surface area contributed by atoms with E-state index < -0.39 is 18.1 Å². The summed E-state index contributed by atoms with van der Waals surface area (Å²) in [6.45, 7) is 21.7. The van der Waals surface area contributed by atoms with Gasteiger partial charge in [0, 0.05) is 32.1 Å². The second-order valence-corrected chi connectivity index (χ2v) is 19.4. The van der Waals surface area contributed by atoms with Gasteiger partial charge in [-0.15, -0.1) is 0 Å². The largest absolute Gasteiger partial charge is 0.481 e.